The maximum absolute atomic E-state index is 13.3. The van der Waals surface area contributed by atoms with E-state index in [0.29, 0.717) is 24.3 Å². The van der Waals surface area contributed by atoms with Crippen LogP contribution in [0.5, 0.6) is 0 Å². The molecule has 0 unspecified atom stereocenters. The molecule has 0 aliphatic carbocycles. The minimum atomic E-state index is -3.59. The molecule has 1 N–H and O–H groups in total. The lowest BCUT2D eigenvalue weighted by atomic mass is 10.0. The second-order valence-electron chi connectivity index (χ2n) is 8.82. The monoisotopic (exact) mass is 469 g/mol. The molecule has 0 saturated carbocycles. The summed E-state index contributed by atoms with van der Waals surface area (Å²) in [5.74, 6) is -0.521. The molecular weight excluding hydrogens is 438 g/mol. The van der Waals surface area contributed by atoms with Crippen LogP contribution < -0.4 is 10.2 Å². The lowest BCUT2D eigenvalue weighted by molar-refractivity contribution is -0.122. The van der Waals surface area contributed by atoms with E-state index in [2.05, 4.69) is 5.32 Å². The van der Waals surface area contributed by atoms with E-state index in [1.54, 1.807) is 18.2 Å². The Balaban J connectivity index is 1.63. The van der Waals surface area contributed by atoms with Crippen molar-refractivity contribution in [2.24, 2.45) is 0 Å². The topological polar surface area (TPSA) is 86.8 Å². The summed E-state index contributed by atoms with van der Waals surface area (Å²) in [4.78, 5) is 27.5. The van der Waals surface area contributed by atoms with Crippen molar-refractivity contribution < 1.29 is 18.0 Å². The van der Waals surface area contributed by atoms with Gasteiger partial charge >= 0.3 is 0 Å². The standard InChI is InChI=1S/C25H31N3O4S/c1-4-19-10-8-9-17(2)24(19)26-25(30)23-16-20-15-21(11-12-22(20)28(23)18(3)29)33(31,32)27-13-6-5-7-14-27/h8-12,15,23H,4-7,13-14,16H2,1-3H3,(H,26,30)/t23-/m1/s1. The van der Waals surface area contributed by atoms with Gasteiger partial charge in [-0.1, -0.05) is 31.5 Å². The number of hydrogen-bond acceptors (Lipinski definition) is 4. The molecule has 1 saturated heterocycles. The predicted molar refractivity (Wildman–Crippen MR) is 129 cm³/mol. The van der Waals surface area contributed by atoms with Crippen LogP contribution in [0.15, 0.2) is 41.3 Å². The van der Waals surface area contributed by atoms with Gasteiger partial charge in [0.1, 0.15) is 6.04 Å². The number of fused-ring (bicyclic) bond motifs is 1. The number of nitrogens with zero attached hydrogens (tertiary/aromatic N) is 2. The van der Waals surface area contributed by atoms with E-state index in [0.717, 1.165) is 42.5 Å². The van der Waals surface area contributed by atoms with E-state index in [9.17, 15) is 18.0 Å². The van der Waals surface area contributed by atoms with Crippen LogP contribution in [0.4, 0.5) is 11.4 Å². The summed E-state index contributed by atoms with van der Waals surface area (Å²) in [5, 5.41) is 3.03. The Kier molecular flexibility index (Phi) is 6.59. The maximum atomic E-state index is 13.3. The minimum absolute atomic E-state index is 0.222. The lowest BCUT2D eigenvalue weighted by Crippen LogP contribution is -2.44. The van der Waals surface area contributed by atoms with Crippen LogP contribution in [-0.4, -0.2) is 43.7 Å². The van der Waals surface area contributed by atoms with Gasteiger partial charge in [-0.2, -0.15) is 4.31 Å². The van der Waals surface area contributed by atoms with Crippen molar-refractivity contribution in [2.45, 2.75) is 63.8 Å². The third-order valence-corrected chi connectivity index (χ3v) is 8.51. The normalized spacial score (nSPS) is 18.8. The molecule has 0 spiro atoms. The number of amides is 2. The smallest absolute Gasteiger partial charge is 0.247 e. The van der Waals surface area contributed by atoms with Gasteiger partial charge in [0.15, 0.2) is 0 Å². The molecule has 8 heteroatoms. The van der Waals surface area contributed by atoms with Gasteiger partial charge in [0.25, 0.3) is 0 Å². The van der Waals surface area contributed by atoms with Crippen LogP contribution in [0.2, 0.25) is 0 Å². The number of aryl methyl sites for hydroxylation is 2. The summed E-state index contributed by atoms with van der Waals surface area (Å²) in [5.41, 5.74) is 4.06. The van der Waals surface area contributed by atoms with Gasteiger partial charge in [0.2, 0.25) is 21.8 Å². The van der Waals surface area contributed by atoms with Crippen molar-refractivity contribution in [3.05, 3.63) is 53.1 Å². The number of carbonyl (C=O) groups is 2. The van der Waals surface area contributed by atoms with Gasteiger partial charge < -0.3 is 5.32 Å². The van der Waals surface area contributed by atoms with E-state index < -0.39 is 16.1 Å². The number of nitrogens with one attached hydrogen (secondary N) is 1. The number of benzene rings is 2. The first kappa shape index (κ1) is 23.4. The van der Waals surface area contributed by atoms with Gasteiger partial charge in [-0.05, 0) is 61.1 Å². The number of para-hydroxylation sites is 1. The molecule has 1 fully saturated rings. The maximum Gasteiger partial charge on any atom is 0.247 e. The van der Waals surface area contributed by atoms with Crippen molar-refractivity contribution >= 4 is 33.2 Å². The molecule has 176 valence electrons. The van der Waals surface area contributed by atoms with E-state index >= 15 is 0 Å². The van der Waals surface area contributed by atoms with Crippen LogP contribution in [0, 0.1) is 6.92 Å². The minimum Gasteiger partial charge on any atom is -0.324 e. The quantitative estimate of drug-likeness (QED) is 0.724. The highest BCUT2D eigenvalue weighted by Gasteiger charge is 2.38. The third kappa shape index (κ3) is 4.42. The molecule has 0 aromatic heterocycles. The van der Waals surface area contributed by atoms with E-state index in [1.165, 1.54) is 16.1 Å². The third-order valence-electron chi connectivity index (χ3n) is 6.62. The lowest BCUT2D eigenvalue weighted by Gasteiger charge is -2.26. The van der Waals surface area contributed by atoms with Crippen LogP contribution in [0.25, 0.3) is 0 Å². The number of piperidine rings is 1. The Bertz CT molecular complexity index is 1190. The summed E-state index contributed by atoms with van der Waals surface area (Å²) in [6.07, 6.45) is 3.82. The Morgan fingerprint density at radius 2 is 1.82 bits per heavy atom. The Labute approximate surface area is 195 Å². The molecule has 1 atom stereocenters. The largest absolute Gasteiger partial charge is 0.324 e. The van der Waals surface area contributed by atoms with Gasteiger partial charge in [0.05, 0.1) is 4.90 Å². The SMILES string of the molecule is CCc1cccc(C)c1NC(=O)[C@H]1Cc2cc(S(=O)(=O)N3CCCCC3)ccc2N1C(C)=O. The number of carbonyl (C=O) groups excluding carboxylic acids is 2. The van der Waals surface area contributed by atoms with Crippen molar-refractivity contribution in [3.63, 3.8) is 0 Å². The van der Waals surface area contributed by atoms with Crippen LogP contribution >= 0.6 is 0 Å². The number of sulfonamides is 1. The molecule has 2 heterocycles. The Morgan fingerprint density at radius 1 is 1.09 bits per heavy atom. The zero-order chi connectivity index (χ0) is 23.8. The van der Waals surface area contributed by atoms with Crippen molar-refractivity contribution in [1.82, 2.24) is 4.31 Å². The zero-order valence-corrected chi connectivity index (χ0v) is 20.2. The van der Waals surface area contributed by atoms with Crippen LogP contribution in [-0.2, 0) is 32.5 Å². The highest BCUT2D eigenvalue weighted by molar-refractivity contribution is 7.89. The average molecular weight is 470 g/mol. The molecule has 7 nitrogen and oxygen atoms in total. The Hall–Kier alpha value is -2.71. The molecule has 4 rings (SSSR count). The highest BCUT2D eigenvalue weighted by Crippen LogP contribution is 2.36. The molecule has 2 amide bonds. The fourth-order valence-electron chi connectivity index (χ4n) is 4.85. The van der Waals surface area contributed by atoms with Gasteiger partial charge in [-0.3, -0.25) is 14.5 Å². The number of hydrogen-bond donors (Lipinski definition) is 1. The molecule has 2 aromatic rings. The van der Waals surface area contributed by atoms with Crippen LogP contribution in [0.3, 0.4) is 0 Å². The highest BCUT2D eigenvalue weighted by atomic mass is 32.2. The fraction of sp³-hybridized carbons (Fsp3) is 0.440. The molecule has 2 aliphatic rings. The van der Waals surface area contributed by atoms with Crippen molar-refractivity contribution in [2.75, 3.05) is 23.3 Å². The zero-order valence-electron chi connectivity index (χ0n) is 19.4. The second-order valence-corrected chi connectivity index (χ2v) is 10.8. The van der Waals surface area contributed by atoms with Gasteiger partial charge in [0, 0.05) is 37.8 Å². The fourth-order valence-corrected chi connectivity index (χ4v) is 6.42. The van der Waals surface area contributed by atoms with Crippen molar-refractivity contribution in [3.8, 4) is 0 Å². The van der Waals surface area contributed by atoms with E-state index in [4.69, 9.17) is 0 Å². The van der Waals surface area contributed by atoms with Crippen molar-refractivity contribution in [1.29, 1.82) is 0 Å². The van der Waals surface area contributed by atoms with E-state index in [-0.39, 0.29) is 23.1 Å². The first-order valence-electron chi connectivity index (χ1n) is 11.6. The predicted octanol–water partition coefficient (Wildman–Crippen LogP) is 3.65. The summed E-state index contributed by atoms with van der Waals surface area (Å²) in [6, 6.07) is 10.00. The number of rotatable bonds is 5. The summed E-state index contributed by atoms with van der Waals surface area (Å²) >= 11 is 0. The molecule has 0 bridgehead atoms. The molecular formula is C25H31N3O4S. The Morgan fingerprint density at radius 3 is 2.48 bits per heavy atom. The molecule has 0 radical (unpaired) electrons. The van der Waals surface area contributed by atoms with E-state index in [1.807, 2.05) is 32.0 Å². The van der Waals surface area contributed by atoms with Gasteiger partial charge in [-0.25, -0.2) is 8.42 Å². The average Bonchev–Trinajstić information content (AvgIpc) is 3.20. The molecule has 2 aliphatic heterocycles. The van der Waals surface area contributed by atoms with Gasteiger partial charge in [-0.15, -0.1) is 0 Å². The summed E-state index contributed by atoms with van der Waals surface area (Å²) in [6.45, 7) is 6.46. The first-order chi connectivity index (χ1) is 15.7. The van der Waals surface area contributed by atoms with Crippen LogP contribution in [0.1, 0.15) is 49.8 Å². The summed E-state index contributed by atoms with van der Waals surface area (Å²) in [7, 11) is -3.59. The first-order valence-corrected chi connectivity index (χ1v) is 13.0. The number of anilines is 2. The summed E-state index contributed by atoms with van der Waals surface area (Å²) < 4.78 is 27.8. The second kappa shape index (κ2) is 9.27. The molecule has 33 heavy (non-hydrogen) atoms. The molecule has 2 aromatic carbocycles.